The Labute approximate surface area is 323 Å². The Morgan fingerprint density at radius 2 is 0.685 bits per heavy atom. The predicted octanol–water partition coefficient (Wildman–Crippen LogP) is 3.13. The molecule has 0 unspecified atom stereocenters. The predicted molar refractivity (Wildman–Crippen MR) is 201 cm³/mol. The van der Waals surface area contributed by atoms with E-state index >= 15 is 0 Å². The van der Waals surface area contributed by atoms with Crippen LogP contribution in [0.15, 0.2) is 30.3 Å². The minimum atomic E-state index is -0.513. The average Bonchev–Trinajstić information content (AvgIpc) is 3.15. The summed E-state index contributed by atoms with van der Waals surface area (Å²) in [6, 6.07) is 9.66. The minimum absolute atomic E-state index is 0.366. The maximum atomic E-state index is 11.9. The number of ether oxygens (including phenoxy) is 14. The highest BCUT2D eigenvalue weighted by molar-refractivity contribution is 5.67. The Bertz CT molecular complexity index is 926. The van der Waals surface area contributed by atoms with Gasteiger partial charge in [0.15, 0.2) is 0 Å². The molecule has 0 aliphatic carbocycles. The Hall–Kier alpha value is -2.19. The number of para-hydroxylation sites is 1. The van der Waals surface area contributed by atoms with E-state index in [4.69, 9.17) is 66.3 Å². The van der Waals surface area contributed by atoms with E-state index in [0.717, 1.165) is 5.75 Å². The van der Waals surface area contributed by atoms with Crippen LogP contribution in [-0.2, 0) is 61.6 Å². The van der Waals surface area contributed by atoms with Crippen LogP contribution in [0.2, 0.25) is 0 Å². The number of hydrogen-bond donors (Lipinski definition) is 0. The molecule has 1 aromatic rings. The summed E-state index contributed by atoms with van der Waals surface area (Å²) in [5, 5.41) is 0. The monoisotopic (exact) mass is 779 g/mol. The summed E-state index contributed by atoms with van der Waals surface area (Å²) in [7, 11) is 1.68. The second-order valence-electron chi connectivity index (χ2n) is 12.4. The molecule has 16 heteroatoms. The molecule has 0 atom stereocenters. The zero-order valence-electron chi connectivity index (χ0n) is 33.3. The number of likely N-dealkylation sites (N-methyl/N-ethyl adjacent to an activating group) is 1. The standard InChI is InChI=1S/C38H69NO15/c1-38(2,3)54-37(40)39(4)10-11-41-12-13-42-14-15-43-16-17-44-18-19-45-20-21-46-22-23-47-24-25-48-26-27-49-28-29-50-30-31-51-32-33-52-34-35-53-36-8-6-5-7-9-36/h5-9H,10-35H2,1-4H3. The van der Waals surface area contributed by atoms with Crippen LogP contribution in [0.25, 0.3) is 0 Å². The number of carbonyl (C=O) groups is 1. The number of carbonyl (C=O) groups excluding carboxylic acids is 1. The van der Waals surface area contributed by atoms with Gasteiger partial charge in [-0.05, 0) is 32.9 Å². The van der Waals surface area contributed by atoms with E-state index < -0.39 is 5.60 Å². The van der Waals surface area contributed by atoms with Crippen molar-refractivity contribution in [2.75, 3.05) is 179 Å². The van der Waals surface area contributed by atoms with E-state index in [0.29, 0.717) is 172 Å². The molecule has 0 aromatic heterocycles. The van der Waals surface area contributed by atoms with Crippen molar-refractivity contribution in [3.05, 3.63) is 30.3 Å². The first kappa shape index (κ1) is 49.8. The minimum Gasteiger partial charge on any atom is -0.491 e. The van der Waals surface area contributed by atoms with E-state index in [9.17, 15) is 4.79 Å². The molecule has 0 radical (unpaired) electrons. The molecule has 0 N–H and O–H groups in total. The van der Waals surface area contributed by atoms with Crippen molar-refractivity contribution in [2.24, 2.45) is 0 Å². The van der Waals surface area contributed by atoms with Gasteiger partial charge >= 0.3 is 6.09 Å². The van der Waals surface area contributed by atoms with Crippen LogP contribution >= 0.6 is 0 Å². The molecule has 0 heterocycles. The molecule has 0 saturated carbocycles. The van der Waals surface area contributed by atoms with E-state index in [1.165, 1.54) is 4.90 Å². The molecule has 316 valence electrons. The Morgan fingerprint density at radius 3 is 0.963 bits per heavy atom. The Morgan fingerprint density at radius 1 is 0.426 bits per heavy atom. The molecule has 0 saturated heterocycles. The topological polar surface area (TPSA) is 150 Å². The van der Waals surface area contributed by atoms with Gasteiger partial charge in [0.25, 0.3) is 0 Å². The lowest BCUT2D eigenvalue weighted by molar-refractivity contribution is -0.0287. The first-order valence-corrected chi connectivity index (χ1v) is 18.9. The summed E-state index contributed by atoms with van der Waals surface area (Å²) < 4.78 is 76.7. The lowest BCUT2D eigenvalue weighted by atomic mass is 10.2. The lowest BCUT2D eigenvalue weighted by Crippen LogP contribution is -2.36. The Balaban J connectivity index is 1.64. The van der Waals surface area contributed by atoms with Crippen LogP contribution in [0.1, 0.15) is 20.8 Å². The molecule has 0 aliphatic heterocycles. The second kappa shape index (κ2) is 37.7. The first-order valence-electron chi connectivity index (χ1n) is 18.9. The molecule has 16 nitrogen and oxygen atoms in total. The fraction of sp³-hybridized carbons (Fsp3) is 0.816. The van der Waals surface area contributed by atoms with E-state index in [-0.39, 0.29) is 6.09 Å². The highest BCUT2D eigenvalue weighted by atomic mass is 16.6. The van der Waals surface area contributed by atoms with Gasteiger partial charge in [0.05, 0.1) is 159 Å². The summed E-state index contributed by atoms with van der Waals surface area (Å²) in [5.41, 5.74) is -0.513. The first-order chi connectivity index (χ1) is 26.4. The maximum Gasteiger partial charge on any atom is 0.410 e. The van der Waals surface area contributed by atoms with E-state index in [2.05, 4.69) is 0 Å². The summed E-state index contributed by atoms with van der Waals surface area (Å²) in [5.74, 6) is 0.840. The van der Waals surface area contributed by atoms with Gasteiger partial charge in [-0.1, -0.05) is 18.2 Å². The van der Waals surface area contributed by atoms with Gasteiger partial charge in [-0.15, -0.1) is 0 Å². The fourth-order valence-corrected chi connectivity index (χ4v) is 3.89. The molecular formula is C38H69NO15. The van der Waals surface area contributed by atoms with Crippen molar-refractivity contribution in [2.45, 2.75) is 26.4 Å². The van der Waals surface area contributed by atoms with Crippen LogP contribution in [0.4, 0.5) is 4.79 Å². The van der Waals surface area contributed by atoms with Gasteiger partial charge in [0, 0.05) is 13.6 Å². The summed E-state index contributed by atoms with van der Waals surface area (Å²) in [6.07, 6.45) is -0.366. The van der Waals surface area contributed by atoms with Crippen molar-refractivity contribution in [3.8, 4) is 5.75 Å². The van der Waals surface area contributed by atoms with Crippen LogP contribution in [0, 0.1) is 0 Å². The third-order valence-corrected chi connectivity index (χ3v) is 6.61. The third-order valence-electron chi connectivity index (χ3n) is 6.61. The van der Waals surface area contributed by atoms with Crippen LogP contribution in [0.3, 0.4) is 0 Å². The van der Waals surface area contributed by atoms with Gasteiger partial charge in [0.2, 0.25) is 0 Å². The largest absolute Gasteiger partial charge is 0.491 e. The smallest absolute Gasteiger partial charge is 0.410 e. The molecule has 0 spiro atoms. The molecule has 1 amide bonds. The van der Waals surface area contributed by atoms with Gasteiger partial charge in [0.1, 0.15) is 18.0 Å². The van der Waals surface area contributed by atoms with Crippen molar-refractivity contribution in [1.29, 1.82) is 0 Å². The maximum absolute atomic E-state index is 11.9. The molecule has 0 bridgehead atoms. The van der Waals surface area contributed by atoms with Gasteiger partial charge in [-0.2, -0.15) is 0 Å². The number of benzene rings is 1. The lowest BCUT2D eigenvalue weighted by Gasteiger charge is -2.24. The zero-order chi connectivity index (χ0) is 39.1. The van der Waals surface area contributed by atoms with Crippen molar-refractivity contribution < 1.29 is 71.1 Å². The molecule has 0 aliphatic rings. The summed E-state index contributed by atoms with van der Waals surface area (Å²) in [6.45, 7) is 18.2. The molecule has 1 rings (SSSR count). The number of hydrogen-bond acceptors (Lipinski definition) is 15. The fourth-order valence-electron chi connectivity index (χ4n) is 3.89. The quantitative estimate of drug-likeness (QED) is 0.0898. The number of amides is 1. The van der Waals surface area contributed by atoms with Crippen LogP contribution in [0.5, 0.6) is 5.75 Å². The van der Waals surface area contributed by atoms with Crippen molar-refractivity contribution in [1.82, 2.24) is 4.90 Å². The Kier molecular flexibility index (Phi) is 34.8. The highest BCUT2D eigenvalue weighted by Crippen LogP contribution is 2.09. The number of rotatable bonds is 40. The zero-order valence-corrected chi connectivity index (χ0v) is 33.3. The molecule has 0 fully saturated rings. The summed E-state index contributed by atoms with van der Waals surface area (Å²) >= 11 is 0. The molecule has 1 aromatic carbocycles. The van der Waals surface area contributed by atoms with Gasteiger partial charge in [-0.3, -0.25) is 0 Å². The van der Waals surface area contributed by atoms with Crippen molar-refractivity contribution >= 4 is 6.09 Å². The normalized spacial score (nSPS) is 11.6. The van der Waals surface area contributed by atoms with E-state index in [1.54, 1.807) is 7.05 Å². The molecule has 54 heavy (non-hydrogen) atoms. The van der Waals surface area contributed by atoms with E-state index in [1.807, 2.05) is 51.1 Å². The van der Waals surface area contributed by atoms with Crippen LogP contribution < -0.4 is 4.74 Å². The van der Waals surface area contributed by atoms with Crippen molar-refractivity contribution in [3.63, 3.8) is 0 Å². The number of nitrogens with zero attached hydrogens (tertiary/aromatic N) is 1. The average molecular weight is 780 g/mol. The summed E-state index contributed by atoms with van der Waals surface area (Å²) in [4.78, 5) is 13.4. The third kappa shape index (κ3) is 36.8. The highest BCUT2D eigenvalue weighted by Gasteiger charge is 2.19. The van der Waals surface area contributed by atoms with Gasteiger partial charge < -0.3 is 71.2 Å². The molecular weight excluding hydrogens is 710 g/mol. The SMILES string of the molecule is CN(CCOCCOCCOCCOCCOCCOCCOCCOCCOCCOCCOCCOCCOc1ccccc1)C(=O)OC(C)(C)C. The van der Waals surface area contributed by atoms with Gasteiger partial charge in [-0.25, -0.2) is 4.79 Å². The second-order valence-corrected chi connectivity index (χ2v) is 12.4. The van der Waals surface area contributed by atoms with Crippen LogP contribution in [-0.4, -0.2) is 195 Å².